The molecule has 62 valence electrons. The molecule has 1 aromatic rings. The summed E-state index contributed by atoms with van der Waals surface area (Å²) in [5.41, 5.74) is 6.70. The molecule has 0 bridgehead atoms. The van der Waals surface area contributed by atoms with Gasteiger partial charge in [-0.3, -0.25) is 4.68 Å². The minimum absolute atomic E-state index is 0.759. The second-order valence-corrected chi connectivity index (χ2v) is 2.53. The van der Waals surface area contributed by atoms with Gasteiger partial charge in [0.05, 0.1) is 0 Å². The van der Waals surface area contributed by atoms with E-state index in [-0.39, 0.29) is 0 Å². The number of rotatable bonds is 4. The lowest BCUT2D eigenvalue weighted by atomic mass is 10.2. The number of aryl methyl sites for hydroxylation is 2. The first-order chi connectivity index (χ1) is 5.38. The Morgan fingerprint density at radius 3 is 3.09 bits per heavy atom. The fraction of sp³-hybridized carbons (Fsp3) is 0.625. The standard InChI is InChI=1S/C8H15N3/c1-2-11-8(4-3-6-9)5-7-10-11/h5,7H,2-4,6,9H2,1H3. The van der Waals surface area contributed by atoms with Gasteiger partial charge >= 0.3 is 0 Å². The molecule has 11 heavy (non-hydrogen) atoms. The summed E-state index contributed by atoms with van der Waals surface area (Å²) < 4.78 is 2.01. The van der Waals surface area contributed by atoms with Crippen molar-refractivity contribution in [2.45, 2.75) is 26.3 Å². The first-order valence-corrected chi connectivity index (χ1v) is 4.09. The molecular formula is C8H15N3. The summed E-state index contributed by atoms with van der Waals surface area (Å²) in [6.45, 7) is 3.81. The Hall–Kier alpha value is -0.830. The minimum Gasteiger partial charge on any atom is -0.330 e. The average molecular weight is 153 g/mol. The van der Waals surface area contributed by atoms with E-state index in [1.807, 2.05) is 10.9 Å². The smallest absolute Gasteiger partial charge is 0.0492 e. The fourth-order valence-corrected chi connectivity index (χ4v) is 1.14. The Balaban J connectivity index is 2.54. The van der Waals surface area contributed by atoms with Crippen LogP contribution in [0.4, 0.5) is 0 Å². The third-order valence-electron chi connectivity index (χ3n) is 1.74. The second-order valence-electron chi connectivity index (χ2n) is 2.53. The first-order valence-electron chi connectivity index (χ1n) is 4.09. The van der Waals surface area contributed by atoms with Crippen molar-refractivity contribution in [1.29, 1.82) is 0 Å². The highest BCUT2D eigenvalue weighted by molar-refractivity contribution is 5.00. The Morgan fingerprint density at radius 1 is 1.64 bits per heavy atom. The summed E-state index contributed by atoms with van der Waals surface area (Å²) >= 11 is 0. The van der Waals surface area contributed by atoms with Crippen LogP contribution >= 0.6 is 0 Å². The first kappa shape index (κ1) is 8.27. The van der Waals surface area contributed by atoms with Crippen molar-refractivity contribution in [1.82, 2.24) is 9.78 Å². The fourth-order valence-electron chi connectivity index (χ4n) is 1.14. The van der Waals surface area contributed by atoms with Gasteiger partial charge in [-0.2, -0.15) is 5.10 Å². The normalized spacial score (nSPS) is 10.4. The molecule has 0 atom stereocenters. The molecule has 1 aromatic heterocycles. The van der Waals surface area contributed by atoms with Crippen molar-refractivity contribution in [3.05, 3.63) is 18.0 Å². The van der Waals surface area contributed by atoms with Gasteiger partial charge in [0.2, 0.25) is 0 Å². The molecule has 0 saturated heterocycles. The molecule has 2 N–H and O–H groups in total. The van der Waals surface area contributed by atoms with Gasteiger partial charge in [0, 0.05) is 18.4 Å². The topological polar surface area (TPSA) is 43.8 Å². The van der Waals surface area contributed by atoms with Crippen molar-refractivity contribution in [3.63, 3.8) is 0 Å². The predicted octanol–water partition coefficient (Wildman–Crippen LogP) is 0.794. The van der Waals surface area contributed by atoms with Crippen LogP contribution in [-0.4, -0.2) is 16.3 Å². The van der Waals surface area contributed by atoms with Crippen LogP contribution in [0.1, 0.15) is 19.0 Å². The molecule has 0 radical (unpaired) electrons. The average Bonchev–Trinajstić information content (AvgIpc) is 2.47. The summed E-state index contributed by atoms with van der Waals surface area (Å²) in [4.78, 5) is 0. The molecule has 0 aromatic carbocycles. The van der Waals surface area contributed by atoms with Crippen LogP contribution in [0.3, 0.4) is 0 Å². The predicted molar refractivity (Wildman–Crippen MR) is 45.3 cm³/mol. The summed E-state index contributed by atoms with van der Waals surface area (Å²) in [5.74, 6) is 0. The lowest BCUT2D eigenvalue weighted by Gasteiger charge is -2.02. The lowest BCUT2D eigenvalue weighted by Crippen LogP contribution is -2.06. The number of hydrogen-bond donors (Lipinski definition) is 1. The van der Waals surface area contributed by atoms with E-state index in [4.69, 9.17) is 5.73 Å². The van der Waals surface area contributed by atoms with Gasteiger partial charge in [-0.05, 0) is 32.4 Å². The van der Waals surface area contributed by atoms with Crippen LogP contribution in [0.2, 0.25) is 0 Å². The maximum atomic E-state index is 5.41. The van der Waals surface area contributed by atoms with E-state index in [0.29, 0.717) is 0 Å². The van der Waals surface area contributed by atoms with Gasteiger partial charge in [0.15, 0.2) is 0 Å². The molecule has 1 rings (SSSR count). The maximum Gasteiger partial charge on any atom is 0.0492 e. The molecule has 0 spiro atoms. The van der Waals surface area contributed by atoms with Gasteiger partial charge in [0.25, 0.3) is 0 Å². The third-order valence-corrected chi connectivity index (χ3v) is 1.74. The summed E-state index contributed by atoms with van der Waals surface area (Å²) in [5, 5.41) is 4.16. The minimum atomic E-state index is 0.759. The Kier molecular flexibility index (Phi) is 3.11. The molecule has 0 aliphatic carbocycles. The molecule has 3 heteroatoms. The number of nitrogens with two attached hydrogens (primary N) is 1. The van der Waals surface area contributed by atoms with Gasteiger partial charge in [-0.25, -0.2) is 0 Å². The summed E-state index contributed by atoms with van der Waals surface area (Å²) in [6, 6.07) is 2.05. The molecule has 0 aliphatic heterocycles. The van der Waals surface area contributed by atoms with Crippen molar-refractivity contribution in [2.24, 2.45) is 5.73 Å². The van der Waals surface area contributed by atoms with Crippen LogP contribution in [0.15, 0.2) is 12.3 Å². The SMILES string of the molecule is CCn1nccc1CCCN. The quantitative estimate of drug-likeness (QED) is 0.695. The van der Waals surface area contributed by atoms with Crippen molar-refractivity contribution in [3.8, 4) is 0 Å². The third kappa shape index (κ3) is 2.05. The highest BCUT2D eigenvalue weighted by Crippen LogP contribution is 2.01. The largest absolute Gasteiger partial charge is 0.330 e. The van der Waals surface area contributed by atoms with Gasteiger partial charge < -0.3 is 5.73 Å². The van der Waals surface area contributed by atoms with Crippen LogP contribution < -0.4 is 5.73 Å². The van der Waals surface area contributed by atoms with Crippen LogP contribution in [0.5, 0.6) is 0 Å². The van der Waals surface area contributed by atoms with Gasteiger partial charge in [-0.15, -0.1) is 0 Å². The van der Waals surface area contributed by atoms with E-state index >= 15 is 0 Å². The molecular weight excluding hydrogens is 138 g/mol. The highest BCUT2D eigenvalue weighted by atomic mass is 15.3. The highest BCUT2D eigenvalue weighted by Gasteiger charge is 1.97. The zero-order chi connectivity index (χ0) is 8.10. The van der Waals surface area contributed by atoms with Crippen LogP contribution in [0, 0.1) is 0 Å². The Bertz CT molecular complexity index is 205. The monoisotopic (exact) mass is 153 g/mol. The number of aromatic nitrogens is 2. The Labute approximate surface area is 67.2 Å². The summed E-state index contributed by atoms with van der Waals surface area (Å²) in [7, 11) is 0. The second kappa shape index (κ2) is 4.13. The molecule has 0 aliphatic rings. The van der Waals surface area contributed by atoms with Gasteiger partial charge in [0.1, 0.15) is 0 Å². The molecule has 3 nitrogen and oxygen atoms in total. The van der Waals surface area contributed by atoms with E-state index in [2.05, 4.69) is 18.1 Å². The van der Waals surface area contributed by atoms with Crippen molar-refractivity contribution >= 4 is 0 Å². The maximum absolute atomic E-state index is 5.41. The molecule has 0 amide bonds. The zero-order valence-corrected chi connectivity index (χ0v) is 6.95. The van der Waals surface area contributed by atoms with Gasteiger partial charge in [-0.1, -0.05) is 0 Å². The number of hydrogen-bond acceptors (Lipinski definition) is 2. The van der Waals surface area contributed by atoms with Crippen molar-refractivity contribution in [2.75, 3.05) is 6.54 Å². The molecule has 0 fully saturated rings. The Morgan fingerprint density at radius 2 is 2.45 bits per heavy atom. The van der Waals surface area contributed by atoms with E-state index in [9.17, 15) is 0 Å². The van der Waals surface area contributed by atoms with Crippen LogP contribution in [-0.2, 0) is 13.0 Å². The summed E-state index contributed by atoms with van der Waals surface area (Å²) in [6.07, 6.45) is 3.94. The van der Waals surface area contributed by atoms with E-state index < -0.39 is 0 Å². The van der Waals surface area contributed by atoms with Crippen molar-refractivity contribution < 1.29 is 0 Å². The molecule has 0 unspecified atom stereocenters. The van der Waals surface area contributed by atoms with E-state index in [1.165, 1.54) is 5.69 Å². The lowest BCUT2D eigenvalue weighted by molar-refractivity contribution is 0.611. The van der Waals surface area contributed by atoms with Crippen LogP contribution in [0.25, 0.3) is 0 Å². The van der Waals surface area contributed by atoms with E-state index in [1.54, 1.807) is 0 Å². The zero-order valence-electron chi connectivity index (χ0n) is 6.95. The molecule has 0 saturated carbocycles. The molecule has 1 heterocycles. The van der Waals surface area contributed by atoms with E-state index in [0.717, 1.165) is 25.9 Å². The number of nitrogens with zero attached hydrogens (tertiary/aromatic N) is 2.